The SMILES string of the molecule is Cc1cc(F)ccc1COc1ccc(Cl)nc1. The monoisotopic (exact) mass is 251 g/mol. The van der Waals surface area contributed by atoms with Crippen molar-refractivity contribution in [2.75, 3.05) is 0 Å². The third kappa shape index (κ3) is 3.17. The molecule has 0 amide bonds. The smallest absolute Gasteiger partial charge is 0.138 e. The number of benzene rings is 1. The largest absolute Gasteiger partial charge is 0.487 e. The maximum atomic E-state index is 12.9. The molecule has 0 atom stereocenters. The Morgan fingerprint density at radius 1 is 1.29 bits per heavy atom. The summed E-state index contributed by atoms with van der Waals surface area (Å²) in [6, 6.07) is 8.03. The van der Waals surface area contributed by atoms with Gasteiger partial charge < -0.3 is 4.74 Å². The second-order valence-electron chi connectivity index (χ2n) is 3.68. The molecule has 17 heavy (non-hydrogen) atoms. The van der Waals surface area contributed by atoms with E-state index in [1.165, 1.54) is 12.1 Å². The Labute approximate surface area is 104 Å². The summed E-state index contributed by atoms with van der Waals surface area (Å²) >= 11 is 5.66. The average Bonchev–Trinajstić information content (AvgIpc) is 2.30. The molecule has 4 heteroatoms. The summed E-state index contributed by atoms with van der Waals surface area (Å²) in [5.41, 5.74) is 1.81. The summed E-state index contributed by atoms with van der Waals surface area (Å²) in [6.07, 6.45) is 1.56. The molecule has 0 aliphatic heterocycles. The number of nitrogens with zero attached hydrogens (tertiary/aromatic N) is 1. The zero-order chi connectivity index (χ0) is 12.3. The first-order valence-corrected chi connectivity index (χ1v) is 5.52. The van der Waals surface area contributed by atoms with Crippen LogP contribution in [0.1, 0.15) is 11.1 Å². The fraction of sp³-hybridized carbons (Fsp3) is 0.154. The van der Waals surface area contributed by atoms with Crippen LogP contribution in [0.2, 0.25) is 5.15 Å². The molecule has 2 aromatic rings. The van der Waals surface area contributed by atoms with Crippen molar-refractivity contribution in [2.24, 2.45) is 0 Å². The highest BCUT2D eigenvalue weighted by molar-refractivity contribution is 6.29. The van der Waals surface area contributed by atoms with Crippen LogP contribution in [0.25, 0.3) is 0 Å². The van der Waals surface area contributed by atoms with Crippen molar-refractivity contribution in [1.82, 2.24) is 4.98 Å². The molecule has 0 fully saturated rings. The fourth-order valence-electron chi connectivity index (χ4n) is 1.43. The summed E-state index contributed by atoms with van der Waals surface area (Å²) in [5, 5.41) is 0.426. The van der Waals surface area contributed by atoms with E-state index in [2.05, 4.69) is 4.98 Å². The number of ether oxygens (including phenoxy) is 1. The van der Waals surface area contributed by atoms with Gasteiger partial charge in [-0.1, -0.05) is 17.7 Å². The summed E-state index contributed by atoms with van der Waals surface area (Å²) < 4.78 is 18.4. The van der Waals surface area contributed by atoms with Crippen LogP contribution in [0.5, 0.6) is 5.75 Å². The third-order valence-corrected chi connectivity index (χ3v) is 2.62. The summed E-state index contributed by atoms with van der Waals surface area (Å²) in [7, 11) is 0. The van der Waals surface area contributed by atoms with Gasteiger partial charge in [0, 0.05) is 0 Å². The summed E-state index contributed by atoms with van der Waals surface area (Å²) in [5.74, 6) is 0.400. The number of aromatic nitrogens is 1. The van der Waals surface area contributed by atoms with Crippen LogP contribution in [0.15, 0.2) is 36.5 Å². The van der Waals surface area contributed by atoms with Gasteiger partial charge in [0.15, 0.2) is 0 Å². The lowest BCUT2D eigenvalue weighted by atomic mass is 10.1. The lowest BCUT2D eigenvalue weighted by molar-refractivity contribution is 0.304. The highest BCUT2D eigenvalue weighted by Gasteiger charge is 2.01. The fourth-order valence-corrected chi connectivity index (χ4v) is 1.54. The van der Waals surface area contributed by atoms with E-state index in [0.29, 0.717) is 17.5 Å². The van der Waals surface area contributed by atoms with Crippen molar-refractivity contribution < 1.29 is 9.13 Å². The molecule has 2 rings (SSSR count). The van der Waals surface area contributed by atoms with Crippen LogP contribution in [0, 0.1) is 12.7 Å². The Balaban J connectivity index is 2.04. The molecule has 88 valence electrons. The molecule has 0 saturated carbocycles. The molecular formula is C13H11ClFNO. The normalized spacial score (nSPS) is 10.3. The number of halogens is 2. The molecule has 1 aromatic carbocycles. The Morgan fingerprint density at radius 3 is 2.76 bits per heavy atom. The van der Waals surface area contributed by atoms with Crippen LogP contribution in [0.3, 0.4) is 0 Å². The van der Waals surface area contributed by atoms with Gasteiger partial charge in [0.05, 0.1) is 6.20 Å². The predicted octanol–water partition coefficient (Wildman–Crippen LogP) is 3.76. The second-order valence-corrected chi connectivity index (χ2v) is 4.06. The van der Waals surface area contributed by atoms with Crippen molar-refractivity contribution >= 4 is 11.6 Å². The van der Waals surface area contributed by atoms with Gasteiger partial charge in [-0.05, 0) is 42.3 Å². The van der Waals surface area contributed by atoms with Gasteiger partial charge in [0.2, 0.25) is 0 Å². The number of aryl methyl sites for hydroxylation is 1. The second kappa shape index (κ2) is 5.15. The quantitative estimate of drug-likeness (QED) is 0.775. The molecule has 0 spiro atoms. The van der Waals surface area contributed by atoms with Crippen LogP contribution >= 0.6 is 11.6 Å². The summed E-state index contributed by atoms with van der Waals surface area (Å²) in [6.45, 7) is 2.23. The lowest BCUT2D eigenvalue weighted by Crippen LogP contribution is -1.98. The van der Waals surface area contributed by atoms with Crippen LogP contribution in [-0.4, -0.2) is 4.98 Å². The Hall–Kier alpha value is -1.61. The Kier molecular flexibility index (Phi) is 3.59. The minimum atomic E-state index is -0.237. The van der Waals surface area contributed by atoms with Gasteiger partial charge in [-0.3, -0.25) is 0 Å². The van der Waals surface area contributed by atoms with Crippen molar-refractivity contribution in [2.45, 2.75) is 13.5 Å². The number of hydrogen-bond donors (Lipinski definition) is 0. The maximum Gasteiger partial charge on any atom is 0.138 e. The topological polar surface area (TPSA) is 22.1 Å². The predicted molar refractivity (Wildman–Crippen MR) is 64.7 cm³/mol. The summed E-state index contributed by atoms with van der Waals surface area (Å²) in [4.78, 5) is 3.91. The third-order valence-electron chi connectivity index (χ3n) is 2.40. The van der Waals surface area contributed by atoms with Gasteiger partial charge in [0.25, 0.3) is 0 Å². The highest BCUT2D eigenvalue weighted by Crippen LogP contribution is 2.16. The van der Waals surface area contributed by atoms with Crippen LogP contribution in [-0.2, 0) is 6.61 Å². The number of rotatable bonds is 3. The first-order valence-electron chi connectivity index (χ1n) is 5.14. The number of hydrogen-bond acceptors (Lipinski definition) is 2. The molecular weight excluding hydrogens is 241 g/mol. The Morgan fingerprint density at radius 2 is 2.12 bits per heavy atom. The standard InChI is InChI=1S/C13H11ClFNO/c1-9-6-11(15)3-2-10(9)8-17-12-4-5-13(14)16-7-12/h2-7H,8H2,1H3. The van der Waals surface area contributed by atoms with E-state index in [1.807, 2.05) is 6.92 Å². The minimum Gasteiger partial charge on any atom is -0.487 e. The van der Waals surface area contributed by atoms with E-state index in [4.69, 9.17) is 16.3 Å². The minimum absolute atomic E-state index is 0.237. The van der Waals surface area contributed by atoms with Crippen molar-refractivity contribution in [3.8, 4) is 5.75 Å². The van der Waals surface area contributed by atoms with Gasteiger partial charge in [-0.25, -0.2) is 9.37 Å². The van der Waals surface area contributed by atoms with Crippen LogP contribution < -0.4 is 4.74 Å². The van der Waals surface area contributed by atoms with E-state index < -0.39 is 0 Å². The number of pyridine rings is 1. The van der Waals surface area contributed by atoms with Crippen molar-refractivity contribution in [3.05, 3.63) is 58.6 Å². The van der Waals surface area contributed by atoms with Gasteiger partial charge in [-0.15, -0.1) is 0 Å². The average molecular weight is 252 g/mol. The van der Waals surface area contributed by atoms with Crippen molar-refractivity contribution in [3.63, 3.8) is 0 Å². The van der Waals surface area contributed by atoms with E-state index in [9.17, 15) is 4.39 Å². The molecule has 0 saturated heterocycles. The molecule has 0 aliphatic carbocycles. The van der Waals surface area contributed by atoms with Gasteiger partial charge >= 0.3 is 0 Å². The Bertz CT molecular complexity index is 513. The highest BCUT2D eigenvalue weighted by atomic mass is 35.5. The van der Waals surface area contributed by atoms with Crippen molar-refractivity contribution in [1.29, 1.82) is 0 Å². The first kappa shape index (κ1) is 11.9. The maximum absolute atomic E-state index is 12.9. The first-order chi connectivity index (χ1) is 8.15. The van der Waals surface area contributed by atoms with Gasteiger partial charge in [0.1, 0.15) is 23.3 Å². The van der Waals surface area contributed by atoms with E-state index >= 15 is 0 Å². The van der Waals surface area contributed by atoms with E-state index in [-0.39, 0.29) is 5.82 Å². The molecule has 1 heterocycles. The van der Waals surface area contributed by atoms with E-state index in [0.717, 1.165) is 11.1 Å². The molecule has 1 aromatic heterocycles. The lowest BCUT2D eigenvalue weighted by Gasteiger charge is -2.08. The van der Waals surface area contributed by atoms with E-state index in [1.54, 1.807) is 24.4 Å². The van der Waals surface area contributed by atoms with Gasteiger partial charge in [-0.2, -0.15) is 0 Å². The zero-order valence-electron chi connectivity index (χ0n) is 9.28. The van der Waals surface area contributed by atoms with Crippen LogP contribution in [0.4, 0.5) is 4.39 Å². The zero-order valence-corrected chi connectivity index (χ0v) is 10.0. The molecule has 0 aliphatic rings. The molecule has 0 unspecified atom stereocenters. The molecule has 0 bridgehead atoms. The molecule has 2 nitrogen and oxygen atoms in total. The molecule has 0 radical (unpaired) electrons. The molecule has 0 N–H and O–H groups in total.